The standard InChI is InChI=1S/C16H15ClN4O4/c1-10-5-6-14(13(17)7-10)18-9-15(22)19-20-16(23)11-3-2-4-12(8-11)21(24)25/h2-8,18H,9H2,1H3,(H,19,22)(H,20,23). The van der Waals surface area contributed by atoms with Crippen LogP contribution in [0.3, 0.4) is 0 Å². The van der Waals surface area contributed by atoms with Gasteiger partial charge in [0.25, 0.3) is 17.5 Å². The lowest BCUT2D eigenvalue weighted by Gasteiger charge is -2.10. The third-order valence-corrected chi connectivity index (χ3v) is 3.51. The Bertz CT molecular complexity index is 826. The molecule has 130 valence electrons. The Hall–Kier alpha value is -3.13. The van der Waals surface area contributed by atoms with E-state index in [0.29, 0.717) is 10.7 Å². The van der Waals surface area contributed by atoms with Crippen LogP contribution in [0.25, 0.3) is 0 Å². The first-order valence-electron chi connectivity index (χ1n) is 7.20. The van der Waals surface area contributed by atoms with E-state index in [0.717, 1.165) is 11.6 Å². The Balaban J connectivity index is 1.86. The number of benzene rings is 2. The molecule has 25 heavy (non-hydrogen) atoms. The average molecular weight is 363 g/mol. The SMILES string of the molecule is Cc1ccc(NCC(=O)NNC(=O)c2cccc([N+](=O)[O-])c2)c(Cl)c1. The number of hydrogen-bond acceptors (Lipinski definition) is 5. The number of carbonyl (C=O) groups excluding carboxylic acids is 2. The maximum Gasteiger partial charge on any atom is 0.270 e. The second kappa shape index (κ2) is 8.11. The molecule has 8 nitrogen and oxygen atoms in total. The van der Waals surface area contributed by atoms with Crippen LogP contribution in [0.5, 0.6) is 0 Å². The van der Waals surface area contributed by atoms with Crippen LogP contribution in [0.4, 0.5) is 11.4 Å². The molecule has 0 atom stereocenters. The zero-order chi connectivity index (χ0) is 18.4. The summed E-state index contributed by atoms with van der Waals surface area (Å²) < 4.78 is 0. The average Bonchev–Trinajstić information content (AvgIpc) is 2.59. The highest BCUT2D eigenvalue weighted by Crippen LogP contribution is 2.22. The summed E-state index contributed by atoms with van der Waals surface area (Å²) in [6, 6.07) is 10.5. The lowest BCUT2D eigenvalue weighted by molar-refractivity contribution is -0.384. The van der Waals surface area contributed by atoms with E-state index in [1.54, 1.807) is 12.1 Å². The zero-order valence-electron chi connectivity index (χ0n) is 13.2. The molecule has 0 fully saturated rings. The van der Waals surface area contributed by atoms with Crippen LogP contribution in [-0.2, 0) is 4.79 Å². The number of rotatable bonds is 5. The van der Waals surface area contributed by atoms with Crippen molar-refractivity contribution in [2.45, 2.75) is 6.92 Å². The van der Waals surface area contributed by atoms with Crippen LogP contribution in [-0.4, -0.2) is 23.3 Å². The Morgan fingerprint density at radius 2 is 1.92 bits per heavy atom. The maximum atomic E-state index is 11.9. The van der Waals surface area contributed by atoms with E-state index in [4.69, 9.17) is 11.6 Å². The third kappa shape index (κ3) is 5.18. The summed E-state index contributed by atoms with van der Waals surface area (Å²) in [5.41, 5.74) is 5.83. The van der Waals surface area contributed by atoms with Crippen molar-refractivity contribution >= 4 is 34.8 Å². The van der Waals surface area contributed by atoms with E-state index >= 15 is 0 Å². The van der Waals surface area contributed by atoms with Crippen molar-refractivity contribution in [3.63, 3.8) is 0 Å². The van der Waals surface area contributed by atoms with E-state index in [1.807, 2.05) is 13.0 Å². The van der Waals surface area contributed by atoms with Gasteiger partial charge >= 0.3 is 0 Å². The molecule has 2 aromatic rings. The number of nitrogens with one attached hydrogen (secondary N) is 3. The first-order chi connectivity index (χ1) is 11.9. The van der Waals surface area contributed by atoms with Crippen molar-refractivity contribution in [2.24, 2.45) is 0 Å². The fourth-order valence-corrected chi connectivity index (χ4v) is 2.24. The molecule has 9 heteroatoms. The Morgan fingerprint density at radius 1 is 1.16 bits per heavy atom. The molecule has 2 amide bonds. The van der Waals surface area contributed by atoms with Crippen molar-refractivity contribution in [1.82, 2.24) is 10.9 Å². The highest BCUT2D eigenvalue weighted by Gasteiger charge is 2.12. The number of carbonyl (C=O) groups is 2. The molecule has 0 saturated carbocycles. The lowest BCUT2D eigenvalue weighted by Crippen LogP contribution is -2.44. The van der Waals surface area contributed by atoms with Crippen molar-refractivity contribution in [3.8, 4) is 0 Å². The normalized spacial score (nSPS) is 10.0. The molecular formula is C16H15ClN4O4. The van der Waals surface area contributed by atoms with E-state index < -0.39 is 16.7 Å². The van der Waals surface area contributed by atoms with E-state index in [1.165, 1.54) is 18.2 Å². The maximum absolute atomic E-state index is 11.9. The number of nitrogens with zero attached hydrogens (tertiary/aromatic N) is 1. The van der Waals surface area contributed by atoms with Gasteiger partial charge in [-0.1, -0.05) is 23.7 Å². The molecule has 0 radical (unpaired) electrons. The predicted octanol–water partition coefficient (Wildman–Crippen LogP) is 2.43. The second-order valence-corrected chi connectivity index (χ2v) is 5.55. The van der Waals surface area contributed by atoms with Gasteiger partial charge in [-0.3, -0.25) is 30.6 Å². The van der Waals surface area contributed by atoms with E-state index in [9.17, 15) is 19.7 Å². The molecule has 3 N–H and O–H groups in total. The number of amides is 2. The summed E-state index contributed by atoms with van der Waals surface area (Å²) in [6.45, 7) is 1.78. The van der Waals surface area contributed by atoms with Gasteiger partial charge in [0.2, 0.25) is 0 Å². The number of nitro benzene ring substituents is 1. The van der Waals surface area contributed by atoms with Gasteiger partial charge < -0.3 is 5.32 Å². The molecule has 0 saturated heterocycles. The summed E-state index contributed by atoms with van der Waals surface area (Å²) in [5.74, 6) is -1.17. The molecule has 0 spiro atoms. The van der Waals surface area contributed by atoms with Gasteiger partial charge in [0.1, 0.15) is 0 Å². The van der Waals surface area contributed by atoms with Crippen LogP contribution in [0.15, 0.2) is 42.5 Å². The number of aryl methyl sites for hydroxylation is 1. The van der Waals surface area contributed by atoms with Crippen molar-refractivity contribution in [1.29, 1.82) is 0 Å². The minimum atomic E-state index is -0.662. The summed E-state index contributed by atoms with van der Waals surface area (Å²) in [4.78, 5) is 33.8. The van der Waals surface area contributed by atoms with Crippen LogP contribution in [0, 0.1) is 17.0 Å². The van der Waals surface area contributed by atoms with Gasteiger partial charge in [-0.2, -0.15) is 0 Å². The summed E-state index contributed by atoms with van der Waals surface area (Å²) >= 11 is 6.04. The van der Waals surface area contributed by atoms with Crippen molar-refractivity contribution in [3.05, 3.63) is 68.7 Å². The number of halogens is 1. The summed E-state index contributed by atoms with van der Waals surface area (Å²) in [7, 11) is 0. The van der Waals surface area contributed by atoms with Crippen LogP contribution in [0.1, 0.15) is 15.9 Å². The number of hydrazine groups is 1. The molecule has 0 bridgehead atoms. The van der Waals surface area contributed by atoms with Crippen LogP contribution < -0.4 is 16.2 Å². The van der Waals surface area contributed by atoms with Gasteiger partial charge in [-0.15, -0.1) is 0 Å². The van der Waals surface area contributed by atoms with E-state index in [-0.39, 0.29) is 17.8 Å². The summed E-state index contributed by atoms with van der Waals surface area (Å²) in [5, 5.41) is 14.0. The number of non-ortho nitro benzene ring substituents is 1. The molecule has 0 aliphatic rings. The minimum Gasteiger partial charge on any atom is -0.375 e. The number of hydrogen-bond donors (Lipinski definition) is 3. The smallest absolute Gasteiger partial charge is 0.270 e. The highest BCUT2D eigenvalue weighted by molar-refractivity contribution is 6.33. The third-order valence-electron chi connectivity index (χ3n) is 3.20. The highest BCUT2D eigenvalue weighted by atomic mass is 35.5. The Labute approximate surface area is 148 Å². The first kappa shape index (κ1) is 18.2. The van der Waals surface area contributed by atoms with Crippen molar-refractivity contribution in [2.75, 3.05) is 11.9 Å². The van der Waals surface area contributed by atoms with Gasteiger partial charge in [0.05, 0.1) is 22.2 Å². The van der Waals surface area contributed by atoms with Crippen molar-refractivity contribution < 1.29 is 14.5 Å². The molecular weight excluding hydrogens is 348 g/mol. The topological polar surface area (TPSA) is 113 Å². The number of anilines is 1. The molecule has 2 aromatic carbocycles. The lowest BCUT2D eigenvalue weighted by atomic mass is 10.2. The summed E-state index contributed by atoms with van der Waals surface area (Å²) in [6.07, 6.45) is 0. The second-order valence-electron chi connectivity index (χ2n) is 5.15. The quantitative estimate of drug-likeness (QED) is 0.558. The molecule has 0 heterocycles. The first-order valence-corrected chi connectivity index (χ1v) is 7.58. The van der Waals surface area contributed by atoms with Gasteiger partial charge in [-0.05, 0) is 30.7 Å². The monoisotopic (exact) mass is 362 g/mol. The molecule has 0 aromatic heterocycles. The van der Waals surface area contributed by atoms with Gasteiger partial charge in [-0.25, -0.2) is 0 Å². The zero-order valence-corrected chi connectivity index (χ0v) is 14.0. The Morgan fingerprint density at radius 3 is 2.60 bits per heavy atom. The Kier molecular flexibility index (Phi) is 5.91. The largest absolute Gasteiger partial charge is 0.375 e. The van der Waals surface area contributed by atoms with Crippen LogP contribution in [0.2, 0.25) is 5.02 Å². The van der Waals surface area contributed by atoms with E-state index in [2.05, 4.69) is 16.2 Å². The molecule has 0 aliphatic carbocycles. The molecule has 0 unspecified atom stereocenters. The number of nitro groups is 1. The fourth-order valence-electron chi connectivity index (χ4n) is 1.94. The molecule has 0 aliphatic heterocycles. The van der Waals surface area contributed by atoms with Gasteiger partial charge in [0.15, 0.2) is 0 Å². The predicted molar refractivity (Wildman–Crippen MR) is 93.4 cm³/mol. The van der Waals surface area contributed by atoms with Crippen LogP contribution >= 0.6 is 11.6 Å². The fraction of sp³-hybridized carbons (Fsp3) is 0.125. The van der Waals surface area contributed by atoms with Gasteiger partial charge in [0, 0.05) is 17.7 Å². The molecule has 2 rings (SSSR count). The minimum absolute atomic E-state index is 0.0593.